The Balaban J connectivity index is 2.20. The predicted octanol–water partition coefficient (Wildman–Crippen LogP) is 3.61. The van der Waals surface area contributed by atoms with Crippen molar-refractivity contribution in [1.82, 2.24) is 0 Å². The molecule has 0 unspecified atom stereocenters. The fourth-order valence-corrected chi connectivity index (χ4v) is 3.14. The fourth-order valence-electron chi connectivity index (χ4n) is 3.14. The second-order valence-corrected chi connectivity index (χ2v) is 6.13. The number of hydrogen-bond donors (Lipinski definition) is 1. The Labute approximate surface area is 125 Å². The molecule has 2 atom stereocenters. The summed E-state index contributed by atoms with van der Waals surface area (Å²) in [5.74, 6) is -0.821. The lowest BCUT2D eigenvalue weighted by Gasteiger charge is -2.26. The molecule has 1 aromatic carbocycles. The minimum absolute atomic E-state index is 0.236. The summed E-state index contributed by atoms with van der Waals surface area (Å²) < 4.78 is 4.69. The average Bonchev–Trinajstić information content (AvgIpc) is 2.69. The first kappa shape index (κ1) is 15.5. The van der Waals surface area contributed by atoms with Crippen LogP contribution in [0.5, 0.6) is 0 Å². The van der Waals surface area contributed by atoms with Gasteiger partial charge in [-0.2, -0.15) is 0 Å². The Hall–Kier alpha value is -1.84. The number of methoxy groups -OCH3 is 1. The molecule has 0 saturated heterocycles. The molecule has 0 amide bonds. The standard InChI is InChI=1S/C17H22O4/c1-17(16(19)20)10-4-3-5-14(11-17)12-6-8-13(9-7-12)15(18)21-2/h6-9,14H,3-5,10-11H2,1-2H3,(H,19,20)/t14-,17+/m0/s1. The molecule has 4 nitrogen and oxygen atoms in total. The van der Waals surface area contributed by atoms with Crippen molar-refractivity contribution in [2.75, 3.05) is 7.11 Å². The summed E-state index contributed by atoms with van der Waals surface area (Å²) in [6, 6.07) is 7.35. The van der Waals surface area contributed by atoms with Gasteiger partial charge in [-0.3, -0.25) is 4.79 Å². The van der Waals surface area contributed by atoms with Crippen LogP contribution in [-0.2, 0) is 9.53 Å². The van der Waals surface area contributed by atoms with Crippen LogP contribution in [0.25, 0.3) is 0 Å². The highest BCUT2D eigenvalue weighted by molar-refractivity contribution is 5.89. The number of carboxylic acids is 1. The van der Waals surface area contributed by atoms with Gasteiger partial charge >= 0.3 is 11.9 Å². The summed E-state index contributed by atoms with van der Waals surface area (Å²) in [4.78, 5) is 23.0. The maximum Gasteiger partial charge on any atom is 0.337 e. The molecular weight excluding hydrogens is 268 g/mol. The highest BCUT2D eigenvalue weighted by Crippen LogP contribution is 2.42. The monoisotopic (exact) mass is 290 g/mol. The van der Waals surface area contributed by atoms with E-state index in [2.05, 4.69) is 4.74 Å². The molecule has 0 aromatic heterocycles. The second kappa shape index (κ2) is 6.29. The summed E-state index contributed by atoms with van der Waals surface area (Å²) in [5.41, 5.74) is 0.982. The SMILES string of the molecule is COC(=O)c1ccc([C@H]2CCCC[C@@](C)(C(=O)O)C2)cc1. The molecule has 1 fully saturated rings. The summed E-state index contributed by atoms with van der Waals surface area (Å²) in [7, 11) is 1.36. The van der Waals surface area contributed by atoms with Gasteiger partial charge in [0.1, 0.15) is 0 Å². The van der Waals surface area contributed by atoms with E-state index in [0.717, 1.165) is 31.2 Å². The molecule has 0 radical (unpaired) electrons. The summed E-state index contributed by atoms with van der Waals surface area (Å²) in [6.45, 7) is 1.84. The number of carbonyl (C=O) groups is 2. The summed E-state index contributed by atoms with van der Waals surface area (Å²) in [6.07, 6.45) is 4.39. The van der Waals surface area contributed by atoms with E-state index < -0.39 is 11.4 Å². The molecular formula is C17H22O4. The molecule has 2 rings (SSSR count). The molecule has 0 bridgehead atoms. The van der Waals surface area contributed by atoms with Gasteiger partial charge in [0.25, 0.3) is 0 Å². The number of carboxylic acid groups (broad SMARTS) is 1. The van der Waals surface area contributed by atoms with Crippen LogP contribution in [0.15, 0.2) is 24.3 Å². The molecule has 114 valence electrons. The minimum atomic E-state index is -0.708. The van der Waals surface area contributed by atoms with E-state index in [1.807, 2.05) is 19.1 Å². The lowest BCUT2D eigenvalue weighted by Crippen LogP contribution is -2.28. The zero-order chi connectivity index (χ0) is 15.5. The van der Waals surface area contributed by atoms with Crippen LogP contribution in [0.3, 0.4) is 0 Å². The number of aliphatic carboxylic acids is 1. The van der Waals surface area contributed by atoms with Crippen LogP contribution >= 0.6 is 0 Å². The van der Waals surface area contributed by atoms with E-state index >= 15 is 0 Å². The van der Waals surface area contributed by atoms with E-state index in [4.69, 9.17) is 0 Å². The van der Waals surface area contributed by atoms with Gasteiger partial charge in [-0.1, -0.05) is 25.0 Å². The van der Waals surface area contributed by atoms with Crippen LogP contribution in [0.4, 0.5) is 0 Å². The van der Waals surface area contributed by atoms with Crippen LogP contribution in [0.1, 0.15) is 60.9 Å². The van der Waals surface area contributed by atoms with Crippen LogP contribution < -0.4 is 0 Å². The number of carbonyl (C=O) groups excluding carboxylic acids is 1. The third kappa shape index (κ3) is 3.43. The van der Waals surface area contributed by atoms with Gasteiger partial charge < -0.3 is 9.84 Å². The Bertz CT molecular complexity index is 520. The van der Waals surface area contributed by atoms with Crippen LogP contribution in [0.2, 0.25) is 0 Å². The zero-order valence-electron chi connectivity index (χ0n) is 12.6. The predicted molar refractivity (Wildman–Crippen MR) is 79.4 cm³/mol. The smallest absolute Gasteiger partial charge is 0.337 e. The Morgan fingerprint density at radius 1 is 1.24 bits per heavy atom. The Kier molecular flexibility index (Phi) is 4.66. The van der Waals surface area contributed by atoms with Gasteiger partial charge in [-0.25, -0.2) is 4.79 Å². The molecule has 1 saturated carbocycles. The largest absolute Gasteiger partial charge is 0.481 e. The van der Waals surface area contributed by atoms with Crippen molar-refractivity contribution in [3.63, 3.8) is 0 Å². The van der Waals surface area contributed by atoms with Crippen LogP contribution in [0, 0.1) is 5.41 Å². The van der Waals surface area contributed by atoms with Crippen LogP contribution in [-0.4, -0.2) is 24.2 Å². The van der Waals surface area contributed by atoms with Crippen molar-refractivity contribution in [2.45, 2.75) is 44.9 Å². The Morgan fingerprint density at radius 3 is 2.48 bits per heavy atom. The number of rotatable bonds is 3. The molecule has 0 spiro atoms. The third-order valence-corrected chi connectivity index (χ3v) is 4.55. The van der Waals surface area contributed by atoms with Crippen molar-refractivity contribution in [3.05, 3.63) is 35.4 Å². The summed E-state index contributed by atoms with van der Waals surface area (Å²) in [5, 5.41) is 9.47. The maximum atomic E-state index is 11.5. The number of ether oxygens (including phenoxy) is 1. The molecule has 1 N–H and O–H groups in total. The van der Waals surface area contributed by atoms with E-state index in [9.17, 15) is 14.7 Å². The zero-order valence-corrected chi connectivity index (χ0v) is 12.6. The highest BCUT2D eigenvalue weighted by Gasteiger charge is 2.37. The lowest BCUT2D eigenvalue weighted by molar-refractivity contribution is -0.148. The van der Waals surface area contributed by atoms with Gasteiger partial charge in [0.15, 0.2) is 0 Å². The van der Waals surface area contributed by atoms with Gasteiger partial charge in [0, 0.05) is 0 Å². The molecule has 0 aliphatic heterocycles. The first-order valence-corrected chi connectivity index (χ1v) is 7.38. The first-order valence-electron chi connectivity index (χ1n) is 7.38. The quantitative estimate of drug-likeness (QED) is 0.682. The van der Waals surface area contributed by atoms with Gasteiger partial charge in [0.05, 0.1) is 18.1 Å². The Morgan fingerprint density at radius 2 is 1.90 bits per heavy atom. The fraction of sp³-hybridized carbons (Fsp3) is 0.529. The molecule has 1 aliphatic rings. The number of hydrogen-bond acceptors (Lipinski definition) is 3. The van der Waals surface area contributed by atoms with Gasteiger partial charge in [-0.15, -0.1) is 0 Å². The van der Waals surface area contributed by atoms with E-state index in [0.29, 0.717) is 12.0 Å². The van der Waals surface area contributed by atoms with Crippen molar-refractivity contribution >= 4 is 11.9 Å². The van der Waals surface area contributed by atoms with Crippen molar-refractivity contribution in [2.24, 2.45) is 5.41 Å². The lowest BCUT2D eigenvalue weighted by atomic mass is 9.77. The van der Waals surface area contributed by atoms with E-state index in [1.54, 1.807) is 12.1 Å². The molecule has 0 heterocycles. The van der Waals surface area contributed by atoms with Crippen molar-refractivity contribution in [3.8, 4) is 0 Å². The molecule has 4 heteroatoms. The average molecular weight is 290 g/mol. The van der Waals surface area contributed by atoms with Crippen molar-refractivity contribution in [1.29, 1.82) is 0 Å². The minimum Gasteiger partial charge on any atom is -0.481 e. The molecule has 21 heavy (non-hydrogen) atoms. The molecule has 1 aliphatic carbocycles. The topological polar surface area (TPSA) is 63.6 Å². The number of esters is 1. The number of benzene rings is 1. The van der Waals surface area contributed by atoms with Gasteiger partial charge in [-0.05, 0) is 49.8 Å². The highest BCUT2D eigenvalue weighted by atomic mass is 16.5. The first-order chi connectivity index (χ1) is 9.96. The molecule has 1 aromatic rings. The van der Waals surface area contributed by atoms with E-state index in [1.165, 1.54) is 7.11 Å². The second-order valence-electron chi connectivity index (χ2n) is 6.13. The van der Waals surface area contributed by atoms with Crippen molar-refractivity contribution < 1.29 is 19.4 Å². The van der Waals surface area contributed by atoms with E-state index in [-0.39, 0.29) is 11.9 Å². The van der Waals surface area contributed by atoms with Gasteiger partial charge in [0.2, 0.25) is 0 Å². The normalized spacial score (nSPS) is 25.9. The summed E-state index contributed by atoms with van der Waals surface area (Å²) >= 11 is 0. The third-order valence-electron chi connectivity index (χ3n) is 4.55. The maximum absolute atomic E-state index is 11.5.